The molecule has 2 rings (SSSR count). The third-order valence-electron chi connectivity index (χ3n) is 3.78. The van der Waals surface area contributed by atoms with Crippen molar-refractivity contribution in [2.75, 3.05) is 17.3 Å². The van der Waals surface area contributed by atoms with E-state index in [9.17, 15) is 9.59 Å². The largest absolute Gasteiger partial charge is 0.326 e. The van der Waals surface area contributed by atoms with Crippen LogP contribution in [0.3, 0.4) is 0 Å². The summed E-state index contributed by atoms with van der Waals surface area (Å²) in [5.74, 6) is 0.207. The summed E-state index contributed by atoms with van der Waals surface area (Å²) in [6.07, 6.45) is 2.10. The molecular formula is C15H20N2O2. The number of hydrogen-bond donors (Lipinski definition) is 1. The number of hydrogen-bond acceptors (Lipinski definition) is 2. The summed E-state index contributed by atoms with van der Waals surface area (Å²) in [5, 5.41) is 2.93. The first-order valence-electron chi connectivity index (χ1n) is 6.77. The highest BCUT2D eigenvalue weighted by Gasteiger charge is 2.24. The Morgan fingerprint density at radius 3 is 2.68 bits per heavy atom. The Morgan fingerprint density at radius 1 is 1.37 bits per heavy atom. The minimum atomic E-state index is 0.0533. The molecule has 0 atom stereocenters. The van der Waals surface area contributed by atoms with Gasteiger partial charge in [0.2, 0.25) is 11.8 Å². The Bertz CT molecular complexity index is 507. The first kappa shape index (κ1) is 13.6. The maximum absolute atomic E-state index is 12.0. The molecule has 1 N–H and O–H groups in total. The normalized spacial score (nSPS) is 13.9. The average Bonchev–Trinajstić information content (AvgIpc) is 2.66. The molecule has 1 aromatic rings. The van der Waals surface area contributed by atoms with Gasteiger partial charge in [0.1, 0.15) is 0 Å². The van der Waals surface area contributed by atoms with Gasteiger partial charge < -0.3 is 10.2 Å². The zero-order chi connectivity index (χ0) is 14.0. The van der Waals surface area contributed by atoms with Crippen molar-refractivity contribution in [2.45, 2.75) is 33.1 Å². The third kappa shape index (κ3) is 2.62. The lowest BCUT2D eigenvalue weighted by Crippen LogP contribution is -2.21. The van der Waals surface area contributed by atoms with E-state index in [0.29, 0.717) is 6.42 Å². The molecule has 0 saturated carbocycles. The van der Waals surface area contributed by atoms with Gasteiger partial charge in [-0.2, -0.15) is 0 Å². The number of carbonyl (C=O) groups excluding carboxylic acids is 2. The van der Waals surface area contributed by atoms with Gasteiger partial charge in [-0.25, -0.2) is 0 Å². The standard InChI is InChI=1S/C15H20N2O2/c1-4-10(5-2)15(19)16-12-6-7-13-11(8-12)9-14(18)17(13)3/h6-8,10H,4-5,9H2,1-3H3,(H,16,19). The maximum atomic E-state index is 12.0. The molecule has 19 heavy (non-hydrogen) atoms. The molecule has 0 radical (unpaired) electrons. The van der Waals surface area contributed by atoms with Crippen LogP contribution in [0.5, 0.6) is 0 Å². The second-order valence-electron chi connectivity index (χ2n) is 4.98. The fourth-order valence-corrected chi connectivity index (χ4v) is 2.45. The first-order valence-corrected chi connectivity index (χ1v) is 6.77. The van der Waals surface area contributed by atoms with Crippen LogP contribution in [0.1, 0.15) is 32.3 Å². The van der Waals surface area contributed by atoms with Gasteiger partial charge in [-0.05, 0) is 36.6 Å². The Labute approximate surface area is 113 Å². The van der Waals surface area contributed by atoms with Gasteiger partial charge >= 0.3 is 0 Å². The SMILES string of the molecule is CCC(CC)C(=O)Nc1ccc2c(c1)CC(=O)N2C. The smallest absolute Gasteiger partial charge is 0.231 e. The summed E-state index contributed by atoms with van der Waals surface area (Å²) >= 11 is 0. The maximum Gasteiger partial charge on any atom is 0.231 e. The Kier molecular flexibility index (Phi) is 3.88. The number of anilines is 2. The van der Waals surface area contributed by atoms with Crippen molar-refractivity contribution in [3.63, 3.8) is 0 Å². The number of amides is 2. The third-order valence-corrected chi connectivity index (χ3v) is 3.78. The Balaban J connectivity index is 2.14. The van der Waals surface area contributed by atoms with Crippen molar-refractivity contribution < 1.29 is 9.59 Å². The summed E-state index contributed by atoms with van der Waals surface area (Å²) < 4.78 is 0. The van der Waals surface area contributed by atoms with Crippen molar-refractivity contribution in [3.05, 3.63) is 23.8 Å². The predicted octanol–water partition coefficient (Wildman–Crippen LogP) is 2.58. The molecule has 4 nitrogen and oxygen atoms in total. The summed E-state index contributed by atoms with van der Waals surface area (Å²) in [5.41, 5.74) is 2.69. The molecule has 0 fully saturated rings. The number of rotatable bonds is 4. The fourth-order valence-electron chi connectivity index (χ4n) is 2.45. The molecular weight excluding hydrogens is 240 g/mol. The minimum absolute atomic E-state index is 0.0533. The molecule has 4 heteroatoms. The molecule has 0 unspecified atom stereocenters. The summed E-state index contributed by atoms with van der Waals surface area (Å²) in [7, 11) is 1.77. The zero-order valence-corrected chi connectivity index (χ0v) is 11.7. The number of likely N-dealkylation sites (N-methyl/N-ethyl adjacent to an activating group) is 1. The highest BCUT2D eigenvalue weighted by Crippen LogP contribution is 2.30. The summed E-state index contributed by atoms with van der Waals surface area (Å²) in [6.45, 7) is 4.04. The van der Waals surface area contributed by atoms with E-state index >= 15 is 0 Å². The van der Waals surface area contributed by atoms with E-state index in [0.717, 1.165) is 29.8 Å². The first-order chi connectivity index (χ1) is 9.06. The highest BCUT2D eigenvalue weighted by molar-refractivity contribution is 6.02. The van der Waals surface area contributed by atoms with Crippen LogP contribution in [-0.4, -0.2) is 18.9 Å². The van der Waals surface area contributed by atoms with Crippen molar-refractivity contribution in [3.8, 4) is 0 Å². The Hall–Kier alpha value is -1.84. The molecule has 1 aromatic carbocycles. The number of nitrogens with one attached hydrogen (secondary N) is 1. The highest BCUT2D eigenvalue weighted by atomic mass is 16.2. The van der Waals surface area contributed by atoms with E-state index in [1.165, 1.54) is 0 Å². The molecule has 0 saturated heterocycles. The summed E-state index contributed by atoms with van der Waals surface area (Å²) in [6, 6.07) is 5.65. The lowest BCUT2D eigenvalue weighted by atomic mass is 10.0. The van der Waals surface area contributed by atoms with Gasteiger partial charge in [0.25, 0.3) is 0 Å². The van der Waals surface area contributed by atoms with Crippen LogP contribution < -0.4 is 10.2 Å². The quantitative estimate of drug-likeness (QED) is 0.904. The summed E-state index contributed by atoms with van der Waals surface area (Å²) in [4.78, 5) is 25.3. The van der Waals surface area contributed by atoms with Crippen molar-refractivity contribution in [2.24, 2.45) is 5.92 Å². The topological polar surface area (TPSA) is 49.4 Å². The van der Waals surface area contributed by atoms with Crippen LogP contribution >= 0.6 is 0 Å². The van der Waals surface area contributed by atoms with Gasteiger partial charge in [-0.1, -0.05) is 13.8 Å². The molecule has 0 spiro atoms. The van der Waals surface area contributed by atoms with Crippen LogP contribution in [0.15, 0.2) is 18.2 Å². The monoisotopic (exact) mass is 260 g/mol. The molecule has 1 aliphatic heterocycles. The molecule has 1 aliphatic rings. The van der Waals surface area contributed by atoms with Gasteiger partial charge in [0, 0.05) is 24.3 Å². The van der Waals surface area contributed by atoms with E-state index in [4.69, 9.17) is 0 Å². The molecule has 102 valence electrons. The number of fused-ring (bicyclic) bond motifs is 1. The fraction of sp³-hybridized carbons (Fsp3) is 0.467. The number of nitrogens with zero attached hydrogens (tertiary/aromatic N) is 1. The lowest BCUT2D eigenvalue weighted by molar-refractivity contribution is -0.120. The van der Waals surface area contributed by atoms with Crippen LogP contribution in [0, 0.1) is 5.92 Å². The zero-order valence-electron chi connectivity index (χ0n) is 11.7. The Morgan fingerprint density at radius 2 is 2.05 bits per heavy atom. The van der Waals surface area contributed by atoms with E-state index in [2.05, 4.69) is 5.32 Å². The molecule has 0 aromatic heterocycles. The average molecular weight is 260 g/mol. The van der Waals surface area contributed by atoms with Crippen molar-refractivity contribution in [1.29, 1.82) is 0 Å². The van der Waals surface area contributed by atoms with E-state index < -0.39 is 0 Å². The molecule has 0 aliphatic carbocycles. The van der Waals surface area contributed by atoms with Gasteiger partial charge in [0.15, 0.2) is 0 Å². The number of benzene rings is 1. The van der Waals surface area contributed by atoms with Crippen LogP contribution in [0.25, 0.3) is 0 Å². The van der Waals surface area contributed by atoms with E-state index in [-0.39, 0.29) is 17.7 Å². The van der Waals surface area contributed by atoms with Gasteiger partial charge in [-0.3, -0.25) is 9.59 Å². The van der Waals surface area contributed by atoms with Crippen LogP contribution in [-0.2, 0) is 16.0 Å². The van der Waals surface area contributed by atoms with Crippen molar-refractivity contribution >= 4 is 23.2 Å². The van der Waals surface area contributed by atoms with Crippen molar-refractivity contribution in [1.82, 2.24) is 0 Å². The van der Waals surface area contributed by atoms with E-state index in [1.54, 1.807) is 11.9 Å². The second-order valence-corrected chi connectivity index (χ2v) is 4.98. The molecule has 2 amide bonds. The molecule has 1 heterocycles. The van der Waals surface area contributed by atoms with Gasteiger partial charge in [0.05, 0.1) is 6.42 Å². The minimum Gasteiger partial charge on any atom is -0.326 e. The van der Waals surface area contributed by atoms with Crippen LogP contribution in [0.2, 0.25) is 0 Å². The van der Waals surface area contributed by atoms with E-state index in [1.807, 2.05) is 32.0 Å². The van der Waals surface area contributed by atoms with Gasteiger partial charge in [-0.15, -0.1) is 0 Å². The second kappa shape index (κ2) is 5.43. The molecule has 0 bridgehead atoms. The van der Waals surface area contributed by atoms with Crippen LogP contribution in [0.4, 0.5) is 11.4 Å². The predicted molar refractivity (Wildman–Crippen MR) is 76.3 cm³/mol. The number of carbonyl (C=O) groups is 2. The lowest BCUT2D eigenvalue weighted by Gasteiger charge is -2.14.